The quantitative estimate of drug-likeness (QED) is 0.840. The van der Waals surface area contributed by atoms with E-state index in [-0.39, 0.29) is 11.1 Å². The van der Waals surface area contributed by atoms with Crippen LogP contribution in [0.3, 0.4) is 0 Å². The van der Waals surface area contributed by atoms with Crippen molar-refractivity contribution in [2.45, 2.75) is 38.1 Å². The van der Waals surface area contributed by atoms with Crippen LogP contribution in [0, 0.1) is 5.92 Å². The summed E-state index contributed by atoms with van der Waals surface area (Å²) in [5, 5.41) is 12.5. The number of halogens is 1. The van der Waals surface area contributed by atoms with Gasteiger partial charge in [-0.15, -0.1) is 0 Å². The molecule has 5 nitrogen and oxygen atoms in total. The zero-order valence-electron chi connectivity index (χ0n) is 11.2. The second-order valence-corrected chi connectivity index (χ2v) is 5.63. The highest BCUT2D eigenvalue weighted by molar-refractivity contribution is 6.29. The molecular formula is C14H17ClN2O3. The summed E-state index contributed by atoms with van der Waals surface area (Å²) >= 11 is 5.75. The fourth-order valence-electron chi connectivity index (χ4n) is 2.72. The zero-order valence-corrected chi connectivity index (χ0v) is 12.0. The van der Waals surface area contributed by atoms with Gasteiger partial charge < -0.3 is 10.4 Å². The van der Waals surface area contributed by atoms with Gasteiger partial charge in [0.05, 0.1) is 0 Å². The van der Waals surface area contributed by atoms with Crippen LogP contribution in [0.4, 0.5) is 0 Å². The molecule has 0 radical (unpaired) electrons. The Morgan fingerprint density at radius 2 is 2.25 bits per heavy atom. The van der Waals surface area contributed by atoms with Gasteiger partial charge in [-0.1, -0.05) is 31.4 Å². The molecule has 20 heavy (non-hydrogen) atoms. The summed E-state index contributed by atoms with van der Waals surface area (Å²) in [4.78, 5) is 27.7. The van der Waals surface area contributed by atoms with Crippen molar-refractivity contribution < 1.29 is 14.7 Å². The molecule has 1 aromatic rings. The lowest BCUT2D eigenvalue weighted by Crippen LogP contribution is -2.60. The van der Waals surface area contributed by atoms with E-state index in [1.54, 1.807) is 0 Å². The number of pyridine rings is 1. The summed E-state index contributed by atoms with van der Waals surface area (Å²) in [6, 6.07) is 2.95. The van der Waals surface area contributed by atoms with E-state index in [9.17, 15) is 14.7 Å². The highest BCUT2D eigenvalue weighted by atomic mass is 35.5. The van der Waals surface area contributed by atoms with E-state index in [0.29, 0.717) is 12.0 Å². The van der Waals surface area contributed by atoms with E-state index in [1.807, 2.05) is 6.92 Å². The first-order valence-corrected chi connectivity index (χ1v) is 7.01. The lowest BCUT2D eigenvalue weighted by atomic mass is 9.73. The molecule has 0 bridgehead atoms. The maximum absolute atomic E-state index is 12.3. The van der Waals surface area contributed by atoms with E-state index in [1.165, 1.54) is 18.3 Å². The Kier molecular flexibility index (Phi) is 4.28. The Morgan fingerprint density at radius 3 is 2.85 bits per heavy atom. The van der Waals surface area contributed by atoms with Crippen LogP contribution in [0.5, 0.6) is 0 Å². The molecule has 1 heterocycles. The first kappa shape index (κ1) is 14.8. The molecule has 1 amide bonds. The second-order valence-electron chi connectivity index (χ2n) is 5.24. The molecule has 0 spiro atoms. The van der Waals surface area contributed by atoms with Crippen molar-refractivity contribution in [3.8, 4) is 0 Å². The van der Waals surface area contributed by atoms with Crippen molar-refractivity contribution in [1.82, 2.24) is 10.3 Å². The molecule has 0 aromatic carbocycles. The van der Waals surface area contributed by atoms with Crippen LogP contribution in [0.15, 0.2) is 18.3 Å². The molecule has 0 saturated heterocycles. The predicted molar refractivity (Wildman–Crippen MR) is 74.7 cm³/mol. The molecule has 108 valence electrons. The first-order chi connectivity index (χ1) is 9.45. The number of nitrogens with one attached hydrogen (secondary N) is 1. The Hall–Kier alpha value is -1.62. The van der Waals surface area contributed by atoms with Crippen LogP contribution < -0.4 is 5.32 Å². The van der Waals surface area contributed by atoms with Crippen molar-refractivity contribution in [2.24, 2.45) is 5.92 Å². The number of hydrogen-bond acceptors (Lipinski definition) is 3. The minimum absolute atomic E-state index is 0.102. The van der Waals surface area contributed by atoms with Crippen LogP contribution in [-0.2, 0) is 4.79 Å². The third-order valence-electron chi connectivity index (χ3n) is 4.01. The van der Waals surface area contributed by atoms with E-state index < -0.39 is 17.4 Å². The van der Waals surface area contributed by atoms with Crippen molar-refractivity contribution >= 4 is 23.5 Å². The molecule has 2 rings (SSSR count). The second kappa shape index (κ2) is 5.79. The van der Waals surface area contributed by atoms with Gasteiger partial charge in [0, 0.05) is 11.8 Å². The SMILES string of the molecule is CC1CCCCC1(NC(=O)c1ccnc(Cl)c1)C(=O)O. The molecule has 1 aromatic heterocycles. The Bertz CT molecular complexity index is 535. The predicted octanol–water partition coefficient (Wildman–Crippen LogP) is 2.50. The molecule has 2 atom stereocenters. The number of nitrogens with zero attached hydrogens (tertiary/aromatic N) is 1. The van der Waals surface area contributed by atoms with Crippen molar-refractivity contribution in [3.63, 3.8) is 0 Å². The Balaban J connectivity index is 2.24. The van der Waals surface area contributed by atoms with Crippen molar-refractivity contribution in [3.05, 3.63) is 29.0 Å². The number of carbonyl (C=O) groups excluding carboxylic acids is 1. The van der Waals surface area contributed by atoms with Gasteiger partial charge in [0.1, 0.15) is 10.7 Å². The average molecular weight is 297 g/mol. The zero-order chi connectivity index (χ0) is 14.8. The Morgan fingerprint density at radius 1 is 1.50 bits per heavy atom. The first-order valence-electron chi connectivity index (χ1n) is 6.63. The largest absolute Gasteiger partial charge is 0.479 e. The lowest BCUT2D eigenvalue weighted by molar-refractivity contribution is -0.148. The molecule has 2 N–H and O–H groups in total. The van der Waals surface area contributed by atoms with Crippen LogP contribution in [-0.4, -0.2) is 27.5 Å². The highest BCUT2D eigenvalue weighted by Crippen LogP contribution is 2.34. The standard InChI is InChI=1S/C14H17ClN2O3/c1-9-4-2-3-6-14(9,13(19)20)17-12(18)10-5-7-16-11(15)8-10/h5,7-9H,2-4,6H2,1H3,(H,17,18)(H,19,20). The van der Waals surface area contributed by atoms with Gasteiger partial charge in [0.2, 0.25) is 0 Å². The topological polar surface area (TPSA) is 79.3 Å². The molecule has 1 fully saturated rings. The fourth-order valence-corrected chi connectivity index (χ4v) is 2.90. The average Bonchev–Trinajstić information content (AvgIpc) is 2.41. The molecule has 1 aliphatic carbocycles. The molecular weight excluding hydrogens is 280 g/mol. The molecule has 6 heteroatoms. The smallest absolute Gasteiger partial charge is 0.329 e. The number of aliphatic carboxylic acids is 1. The minimum Gasteiger partial charge on any atom is -0.479 e. The lowest BCUT2D eigenvalue weighted by Gasteiger charge is -2.39. The summed E-state index contributed by atoms with van der Waals surface area (Å²) in [6.45, 7) is 1.87. The number of rotatable bonds is 3. The van der Waals surface area contributed by atoms with E-state index in [4.69, 9.17) is 11.6 Å². The molecule has 2 unspecified atom stereocenters. The van der Waals surface area contributed by atoms with E-state index >= 15 is 0 Å². The van der Waals surface area contributed by atoms with Gasteiger partial charge in [-0.2, -0.15) is 0 Å². The highest BCUT2D eigenvalue weighted by Gasteiger charge is 2.46. The summed E-state index contributed by atoms with van der Waals surface area (Å²) in [6.07, 6.45) is 4.47. The van der Waals surface area contributed by atoms with E-state index in [2.05, 4.69) is 10.3 Å². The number of carboxylic acids is 1. The van der Waals surface area contributed by atoms with Crippen LogP contribution in [0.25, 0.3) is 0 Å². The number of carboxylic acid groups (broad SMARTS) is 1. The maximum atomic E-state index is 12.3. The summed E-state index contributed by atoms with van der Waals surface area (Å²) in [5.41, 5.74) is -0.867. The third-order valence-corrected chi connectivity index (χ3v) is 4.21. The maximum Gasteiger partial charge on any atom is 0.329 e. The number of aromatic nitrogens is 1. The third kappa shape index (κ3) is 2.77. The fraction of sp³-hybridized carbons (Fsp3) is 0.500. The van der Waals surface area contributed by atoms with Crippen LogP contribution >= 0.6 is 11.6 Å². The van der Waals surface area contributed by atoms with Gasteiger partial charge in [-0.3, -0.25) is 4.79 Å². The van der Waals surface area contributed by atoms with Gasteiger partial charge in [-0.05, 0) is 30.9 Å². The van der Waals surface area contributed by atoms with Crippen LogP contribution in [0.1, 0.15) is 43.0 Å². The number of amides is 1. The Labute approximate surface area is 122 Å². The van der Waals surface area contributed by atoms with Crippen molar-refractivity contribution in [1.29, 1.82) is 0 Å². The van der Waals surface area contributed by atoms with Crippen LogP contribution in [0.2, 0.25) is 5.15 Å². The van der Waals surface area contributed by atoms with Crippen molar-refractivity contribution in [2.75, 3.05) is 0 Å². The molecule has 1 aliphatic rings. The van der Waals surface area contributed by atoms with Gasteiger partial charge in [0.15, 0.2) is 0 Å². The summed E-state index contributed by atoms with van der Waals surface area (Å²) in [7, 11) is 0. The minimum atomic E-state index is -1.19. The molecule has 1 saturated carbocycles. The molecule has 0 aliphatic heterocycles. The monoisotopic (exact) mass is 296 g/mol. The van der Waals surface area contributed by atoms with Gasteiger partial charge in [0.25, 0.3) is 5.91 Å². The normalized spacial score (nSPS) is 26.0. The summed E-state index contributed by atoms with van der Waals surface area (Å²) in [5.74, 6) is -1.50. The number of hydrogen-bond donors (Lipinski definition) is 2. The van der Waals surface area contributed by atoms with E-state index in [0.717, 1.165) is 19.3 Å². The number of carbonyl (C=O) groups is 2. The van der Waals surface area contributed by atoms with Gasteiger partial charge in [-0.25, -0.2) is 9.78 Å². The summed E-state index contributed by atoms with van der Waals surface area (Å²) < 4.78 is 0. The van der Waals surface area contributed by atoms with Gasteiger partial charge >= 0.3 is 5.97 Å².